The molecule has 1 amide bonds. The molecule has 0 unspecified atom stereocenters. The normalized spacial score (nSPS) is 22.5. The maximum atomic E-state index is 12.0. The van der Waals surface area contributed by atoms with Gasteiger partial charge in [0.15, 0.2) is 0 Å². The molecule has 2 aliphatic heterocycles. The van der Waals surface area contributed by atoms with Crippen molar-refractivity contribution >= 4 is 6.09 Å². The van der Waals surface area contributed by atoms with Crippen molar-refractivity contribution in [3.05, 3.63) is 23.8 Å². The molecular formula is C16H21NO5. The van der Waals surface area contributed by atoms with E-state index in [2.05, 4.69) is 0 Å². The van der Waals surface area contributed by atoms with E-state index in [9.17, 15) is 15.0 Å². The number of ether oxygens (including phenoxy) is 2. The van der Waals surface area contributed by atoms with Crippen LogP contribution in [0.15, 0.2) is 18.2 Å². The van der Waals surface area contributed by atoms with Gasteiger partial charge in [-0.05, 0) is 32.9 Å². The smallest absolute Gasteiger partial charge is 0.410 e. The average Bonchev–Trinajstić information content (AvgIpc) is 2.33. The topological polar surface area (TPSA) is 79.2 Å². The number of nitrogens with zero attached hydrogens (tertiary/aromatic N) is 1. The minimum Gasteiger partial charge on any atom is -0.507 e. The number of benzene rings is 1. The van der Waals surface area contributed by atoms with Crippen LogP contribution in [0, 0.1) is 0 Å². The molecule has 22 heavy (non-hydrogen) atoms. The molecule has 0 bridgehead atoms. The minimum absolute atomic E-state index is 0.0307. The van der Waals surface area contributed by atoms with Crippen LogP contribution in [-0.4, -0.2) is 45.5 Å². The number of phenols is 1. The predicted molar refractivity (Wildman–Crippen MR) is 78.8 cm³/mol. The number of aromatic hydroxyl groups is 1. The number of hydrogen-bond donors (Lipinski definition) is 2. The van der Waals surface area contributed by atoms with E-state index in [1.165, 1.54) is 6.07 Å². The van der Waals surface area contributed by atoms with Gasteiger partial charge in [-0.2, -0.15) is 0 Å². The second-order valence-electron chi connectivity index (χ2n) is 7.03. The lowest BCUT2D eigenvalue weighted by atomic mass is 9.83. The van der Waals surface area contributed by atoms with Crippen molar-refractivity contribution in [2.75, 3.05) is 13.1 Å². The number of hydrogen-bond acceptors (Lipinski definition) is 5. The Bertz CT molecular complexity index is 601. The SMILES string of the molecule is CC(C)(C)OC(=O)N1CC2(C[C@@H](O)c3c(O)cccc3O2)C1. The van der Waals surface area contributed by atoms with Gasteiger partial charge in [0.1, 0.15) is 22.7 Å². The van der Waals surface area contributed by atoms with Gasteiger partial charge in [0.2, 0.25) is 0 Å². The molecule has 3 rings (SSSR count). The molecule has 120 valence electrons. The van der Waals surface area contributed by atoms with Gasteiger partial charge in [0.05, 0.1) is 24.8 Å². The summed E-state index contributed by atoms with van der Waals surface area (Å²) in [6.45, 7) is 6.20. The van der Waals surface area contributed by atoms with Gasteiger partial charge in [0, 0.05) is 6.42 Å². The molecule has 0 radical (unpaired) electrons. The highest BCUT2D eigenvalue weighted by Crippen LogP contribution is 2.47. The summed E-state index contributed by atoms with van der Waals surface area (Å²) in [6, 6.07) is 4.91. The third kappa shape index (κ3) is 2.59. The highest BCUT2D eigenvalue weighted by molar-refractivity contribution is 5.70. The second kappa shape index (κ2) is 4.78. The Labute approximate surface area is 129 Å². The van der Waals surface area contributed by atoms with Crippen molar-refractivity contribution in [3.8, 4) is 11.5 Å². The summed E-state index contributed by atoms with van der Waals surface area (Å²) in [4.78, 5) is 13.6. The largest absolute Gasteiger partial charge is 0.507 e. The molecule has 1 saturated heterocycles. The number of aliphatic hydroxyl groups excluding tert-OH is 1. The summed E-state index contributed by atoms with van der Waals surface area (Å²) in [5.41, 5.74) is -0.716. The quantitative estimate of drug-likeness (QED) is 0.768. The number of rotatable bonds is 0. The summed E-state index contributed by atoms with van der Waals surface area (Å²) < 4.78 is 11.3. The van der Waals surface area contributed by atoms with Crippen molar-refractivity contribution in [3.63, 3.8) is 0 Å². The summed E-state index contributed by atoms with van der Waals surface area (Å²) in [6.07, 6.45) is -0.833. The Morgan fingerprint density at radius 2 is 2.09 bits per heavy atom. The van der Waals surface area contributed by atoms with Crippen LogP contribution in [-0.2, 0) is 4.74 Å². The second-order valence-corrected chi connectivity index (χ2v) is 7.03. The first kappa shape index (κ1) is 15.0. The standard InChI is InChI=1S/C16H21NO5/c1-15(2,3)22-14(20)17-8-16(9-17)7-11(19)13-10(18)5-4-6-12(13)21-16/h4-6,11,18-19H,7-9H2,1-3H3/t11-/m1/s1. The van der Waals surface area contributed by atoms with E-state index < -0.39 is 17.3 Å². The molecule has 1 aromatic carbocycles. The van der Waals surface area contributed by atoms with Gasteiger partial charge in [-0.15, -0.1) is 0 Å². The zero-order valence-electron chi connectivity index (χ0n) is 13.0. The molecule has 0 saturated carbocycles. The van der Waals surface area contributed by atoms with E-state index in [-0.39, 0.29) is 11.8 Å². The van der Waals surface area contributed by atoms with Crippen LogP contribution in [0.3, 0.4) is 0 Å². The Balaban J connectivity index is 1.71. The first-order valence-electron chi connectivity index (χ1n) is 7.36. The van der Waals surface area contributed by atoms with Crippen LogP contribution in [0.4, 0.5) is 4.79 Å². The Morgan fingerprint density at radius 1 is 1.41 bits per heavy atom. The van der Waals surface area contributed by atoms with E-state index in [0.717, 1.165) is 0 Å². The fraction of sp³-hybridized carbons (Fsp3) is 0.562. The molecule has 1 aromatic rings. The van der Waals surface area contributed by atoms with Crippen LogP contribution in [0.25, 0.3) is 0 Å². The van der Waals surface area contributed by atoms with E-state index in [4.69, 9.17) is 9.47 Å². The number of aliphatic hydroxyl groups is 1. The van der Waals surface area contributed by atoms with E-state index in [1.54, 1.807) is 17.0 Å². The zero-order valence-corrected chi connectivity index (χ0v) is 13.0. The van der Waals surface area contributed by atoms with Crippen molar-refractivity contribution in [1.29, 1.82) is 0 Å². The highest BCUT2D eigenvalue weighted by atomic mass is 16.6. The number of amides is 1. The third-order valence-electron chi connectivity index (χ3n) is 3.88. The first-order chi connectivity index (χ1) is 10.2. The molecular weight excluding hydrogens is 286 g/mol. The van der Waals surface area contributed by atoms with Gasteiger partial charge in [-0.3, -0.25) is 0 Å². The van der Waals surface area contributed by atoms with Gasteiger partial charge >= 0.3 is 6.09 Å². The van der Waals surface area contributed by atoms with Crippen molar-refractivity contribution in [2.24, 2.45) is 0 Å². The summed E-state index contributed by atoms with van der Waals surface area (Å²) in [5.74, 6) is 0.505. The third-order valence-corrected chi connectivity index (χ3v) is 3.88. The Hall–Kier alpha value is -1.95. The number of carbonyl (C=O) groups excluding carboxylic acids is 1. The Morgan fingerprint density at radius 3 is 2.73 bits per heavy atom. The maximum Gasteiger partial charge on any atom is 0.410 e. The van der Waals surface area contributed by atoms with Crippen molar-refractivity contribution in [1.82, 2.24) is 4.90 Å². The lowest BCUT2D eigenvalue weighted by molar-refractivity contribution is -0.114. The van der Waals surface area contributed by atoms with Crippen molar-refractivity contribution < 1.29 is 24.5 Å². The molecule has 1 atom stereocenters. The van der Waals surface area contributed by atoms with Crippen LogP contribution < -0.4 is 4.74 Å². The van der Waals surface area contributed by atoms with Crippen LogP contribution in [0.5, 0.6) is 11.5 Å². The van der Waals surface area contributed by atoms with Gasteiger partial charge in [0.25, 0.3) is 0 Å². The highest BCUT2D eigenvalue weighted by Gasteiger charge is 2.52. The summed E-state index contributed by atoms with van der Waals surface area (Å²) in [5, 5.41) is 20.1. The Kier molecular flexibility index (Phi) is 3.25. The zero-order chi connectivity index (χ0) is 16.1. The van der Waals surface area contributed by atoms with Crippen LogP contribution >= 0.6 is 0 Å². The van der Waals surface area contributed by atoms with Gasteiger partial charge < -0.3 is 24.6 Å². The van der Waals surface area contributed by atoms with Gasteiger partial charge in [-0.25, -0.2) is 4.79 Å². The van der Waals surface area contributed by atoms with E-state index in [0.29, 0.717) is 30.8 Å². The van der Waals surface area contributed by atoms with Crippen LogP contribution in [0.2, 0.25) is 0 Å². The molecule has 2 aliphatic rings. The number of fused-ring (bicyclic) bond motifs is 1. The fourth-order valence-corrected chi connectivity index (χ4v) is 2.98. The monoisotopic (exact) mass is 307 g/mol. The van der Waals surface area contributed by atoms with E-state index >= 15 is 0 Å². The summed E-state index contributed by atoms with van der Waals surface area (Å²) in [7, 11) is 0. The number of phenolic OH excluding ortho intramolecular Hbond substituents is 1. The van der Waals surface area contributed by atoms with Crippen molar-refractivity contribution in [2.45, 2.75) is 44.5 Å². The first-order valence-corrected chi connectivity index (χ1v) is 7.36. The molecule has 6 heteroatoms. The number of likely N-dealkylation sites (tertiary alicyclic amines) is 1. The lowest BCUT2D eigenvalue weighted by Crippen LogP contribution is -2.68. The van der Waals surface area contributed by atoms with Crippen LogP contribution in [0.1, 0.15) is 38.9 Å². The molecule has 2 N–H and O–H groups in total. The molecule has 0 aliphatic carbocycles. The maximum absolute atomic E-state index is 12.0. The lowest BCUT2D eigenvalue weighted by Gasteiger charge is -2.52. The molecule has 1 fully saturated rings. The fourth-order valence-electron chi connectivity index (χ4n) is 2.98. The number of carbonyl (C=O) groups is 1. The predicted octanol–water partition coefficient (Wildman–Crippen LogP) is 2.20. The molecule has 2 heterocycles. The van der Waals surface area contributed by atoms with Gasteiger partial charge in [-0.1, -0.05) is 6.07 Å². The van der Waals surface area contributed by atoms with E-state index in [1.807, 2.05) is 20.8 Å². The average molecular weight is 307 g/mol. The molecule has 1 spiro atoms. The summed E-state index contributed by atoms with van der Waals surface area (Å²) >= 11 is 0. The molecule has 6 nitrogen and oxygen atoms in total. The molecule has 0 aromatic heterocycles. The minimum atomic E-state index is -0.800.